The van der Waals surface area contributed by atoms with Crippen molar-refractivity contribution >= 4 is 28.9 Å². The smallest absolute Gasteiger partial charge is 0.296 e. The molecule has 2 rings (SSSR count). The molecule has 1 aliphatic heterocycles. The van der Waals surface area contributed by atoms with E-state index in [2.05, 4.69) is 5.32 Å². The third kappa shape index (κ3) is 2.93. The molecule has 1 heterocycles. The van der Waals surface area contributed by atoms with Crippen LogP contribution in [0.25, 0.3) is 0 Å². The summed E-state index contributed by atoms with van der Waals surface area (Å²) in [4.78, 5) is 22.3. The van der Waals surface area contributed by atoms with Gasteiger partial charge in [-0.3, -0.25) is 14.9 Å². The van der Waals surface area contributed by atoms with Crippen molar-refractivity contribution in [3.63, 3.8) is 0 Å². The van der Waals surface area contributed by atoms with Crippen molar-refractivity contribution in [3.8, 4) is 11.5 Å². The monoisotopic (exact) mass is 300 g/mol. The maximum Gasteiger partial charge on any atom is 0.296 e. The van der Waals surface area contributed by atoms with E-state index in [1.54, 1.807) is 6.92 Å². The number of nitro groups is 1. The third-order valence-electron chi connectivity index (χ3n) is 2.79. The number of carbonyl (C=O) groups excluding carboxylic acids is 1. The van der Waals surface area contributed by atoms with Gasteiger partial charge in [0.2, 0.25) is 5.91 Å². The summed E-state index contributed by atoms with van der Waals surface area (Å²) in [6.45, 7) is 2.32. The van der Waals surface area contributed by atoms with Crippen LogP contribution in [-0.4, -0.2) is 29.9 Å². The first-order chi connectivity index (χ1) is 9.52. The molecule has 0 aliphatic carbocycles. The number of hydrogen-bond acceptors (Lipinski definition) is 5. The second kappa shape index (κ2) is 5.96. The van der Waals surface area contributed by atoms with Crippen molar-refractivity contribution in [1.82, 2.24) is 0 Å². The Kier molecular flexibility index (Phi) is 4.29. The van der Waals surface area contributed by atoms with E-state index in [-0.39, 0.29) is 23.2 Å². The van der Waals surface area contributed by atoms with Crippen molar-refractivity contribution in [2.24, 2.45) is 5.92 Å². The van der Waals surface area contributed by atoms with Crippen LogP contribution in [0, 0.1) is 16.0 Å². The Hall–Kier alpha value is -2.02. The lowest BCUT2D eigenvalue weighted by Crippen LogP contribution is -2.22. The topological polar surface area (TPSA) is 90.7 Å². The molecular weight excluding hydrogens is 288 g/mol. The number of nitrogens with zero attached hydrogens (tertiary/aromatic N) is 1. The molecule has 1 unspecified atom stereocenters. The number of amides is 1. The van der Waals surface area contributed by atoms with Gasteiger partial charge < -0.3 is 14.8 Å². The summed E-state index contributed by atoms with van der Waals surface area (Å²) in [5.74, 6) is -0.0456. The number of benzene rings is 1. The van der Waals surface area contributed by atoms with E-state index in [1.165, 1.54) is 12.1 Å². The Morgan fingerprint density at radius 2 is 2.05 bits per heavy atom. The zero-order valence-corrected chi connectivity index (χ0v) is 11.5. The number of alkyl halides is 1. The number of hydrogen-bond donors (Lipinski definition) is 1. The fraction of sp³-hybridized carbons (Fsp3) is 0.417. The molecule has 1 aliphatic rings. The van der Waals surface area contributed by atoms with Crippen LogP contribution in [0.5, 0.6) is 11.5 Å². The molecule has 0 spiro atoms. The van der Waals surface area contributed by atoms with Crippen LogP contribution in [-0.2, 0) is 4.79 Å². The lowest BCUT2D eigenvalue weighted by Gasteiger charge is -2.19. The molecule has 0 saturated heterocycles. The molecule has 108 valence electrons. The summed E-state index contributed by atoms with van der Waals surface area (Å²) in [6, 6.07) is 2.64. The van der Waals surface area contributed by atoms with Gasteiger partial charge in [-0.05, 0) is 0 Å². The quantitative estimate of drug-likeness (QED) is 0.523. The van der Waals surface area contributed by atoms with E-state index in [0.29, 0.717) is 24.7 Å². The van der Waals surface area contributed by atoms with Gasteiger partial charge >= 0.3 is 0 Å². The average Bonchev–Trinajstić information content (AvgIpc) is 2.45. The second-order valence-corrected chi connectivity index (χ2v) is 4.62. The van der Waals surface area contributed by atoms with Crippen LogP contribution in [0.3, 0.4) is 0 Å². The van der Waals surface area contributed by atoms with E-state index in [0.717, 1.165) is 0 Å². The molecule has 0 bridgehead atoms. The van der Waals surface area contributed by atoms with E-state index in [9.17, 15) is 14.9 Å². The summed E-state index contributed by atoms with van der Waals surface area (Å²) in [5.41, 5.74) is -0.175. The molecule has 0 fully saturated rings. The van der Waals surface area contributed by atoms with Gasteiger partial charge in [0, 0.05) is 17.9 Å². The van der Waals surface area contributed by atoms with Gasteiger partial charge in [-0.1, -0.05) is 6.92 Å². The second-order valence-electron chi connectivity index (χ2n) is 4.31. The van der Waals surface area contributed by atoms with Gasteiger partial charge in [0.25, 0.3) is 5.69 Å². The number of anilines is 1. The highest BCUT2D eigenvalue weighted by molar-refractivity contribution is 6.19. The first kappa shape index (κ1) is 14.4. The Bertz CT molecular complexity index is 549. The summed E-state index contributed by atoms with van der Waals surface area (Å²) < 4.78 is 10.6. The van der Waals surface area contributed by atoms with Crippen molar-refractivity contribution < 1.29 is 19.2 Å². The van der Waals surface area contributed by atoms with Crippen LogP contribution < -0.4 is 14.8 Å². The van der Waals surface area contributed by atoms with E-state index >= 15 is 0 Å². The molecule has 20 heavy (non-hydrogen) atoms. The molecule has 1 N–H and O–H groups in total. The average molecular weight is 301 g/mol. The summed E-state index contributed by atoms with van der Waals surface area (Å²) in [6.07, 6.45) is 0. The molecule has 0 radical (unpaired) electrons. The van der Waals surface area contributed by atoms with Gasteiger partial charge in [-0.2, -0.15) is 0 Å². The molecule has 0 saturated carbocycles. The highest BCUT2D eigenvalue weighted by Gasteiger charge is 2.24. The number of ether oxygens (including phenoxy) is 2. The Balaban J connectivity index is 2.35. The zero-order valence-electron chi connectivity index (χ0n) is 10.7. The fourth-order valence-corrected chi connectivity index (χ4v) is 1.80. The van der Waals surface area contributed by atoms with Crippen LogP contribution in [0.2, 0.25) is 0 Å². The molecule has 7 nitrogen and oxygen atoms in total. The lowest BCUT2D eigenvalue weighted by atomic mass is 10.1. The van der Waals surface area contributed by atoms with Crippen molar-refractivity contribution in [1.29, 1.82) is 0 Å². The molecule has 1 atom stereocenters. The van der Waals surface area contributed by atoms with Crippen LogP contribution in [0.15, 0.2) is 12.1 Å². The van der Waals surface area contributed by atoms with E-state index in [4.69, 9.17) is 21.1 Å². The SMILES string of the molecule is CC(CCl)C(=O)Nc1cc2c(cc1[N+](=O)[O-])OCCO2. The van der Waals surface area contributed by atoms with Crippen LogP contribution >= 0.6 is 11.6 Å². The molecule has 1 amide bonds. The zero-order chi connectivity index (χ0) is 14.7. The molecule has 1 aromatic rings. The predicted octanol–water partition coefficient (Wildman–Crippen LogP) is 2.18. The largest absolute Gasteiger partial charge is 0.486 e. The Morgan fingerprint density at radius 3 is 2.60 bits per heavy atom. The minimum atomic E-state index is -0.584. The molecule has 0 aromatic heterocycles. The lowest BCUT2D eigenvalue weighted by molar-refractivity contribution is -0.384. The van der Waals surface area contributed by atoms with E-state index in [1.807, 2.05) is 0 Å². The van der Waals surface area contributed by atoms with Gasteiger partial charge in [0.1, 0.15) is 18.9 Å². The maximum absolute atomic E-state index is 11.8. The minimum absolute atomic E-state index is 0.0706. The van der Waals surface area contributed by atoms with Gasteiger partial charge in [0.15, 0.2) is 11.5 Å². The number of nitro benzene ring substituents is 1. The normalized spacial score (nSPS) is 14.5. The number of nitrogens with one attached hydrogen (secondary N) is 1. The molecule has 8 heteroatoms. The van der Waals surface area contributed by atoms with Crippen LogP contribution in [0.4, 0.5) is 11.4 Å². The van der Waals surface area contributed by atoms with Crippen LogP contribution in [0.1, 0.15) is 6.92 Å². The molecule has 1 aromatic carbocycles. The first-order valence-corrected chi connectivity index (χ1v) is 6.51. The highest BCUT2D eigenvalue weighted by atomic mass is 35.5. The number of halogens is 1. The standard InChI is InChI=1S/C12H13ClN2O5/c1-7(6-13)12(16)14-8-4-10-11(20-3-2-19-10)5-9(8)15(17)18/h4-5,7H,2-3,6H2,1H3,(H,14,16). The fourth-order valence-electron chi connectivity index (χ4n) is 1.66. The van der Waals surface area contributed by atoms with E-state index < -0.39 is 10.8 Å². The first-order valence-electron chi connectivity index (χ1n) is 5.97. The number of rotatable bonds is 4. The third-order valence-corrected chi connectivity index (χ3v) is 3.26. The van der Waals surface area contributed by atoms with Crippen molar-refractivity contribution in [3.05, 3.63) is 22.2 Å². The maximum atomic E-state index is 11.8. The summed E-state index contributed by atoms with van der Waals surface area (Å²) >= 11 is 5.59. The Labute approximate surface area is 120 Å². The van der Waals surface area contributed by atoms with Crippen molar-refractivity contribution in [2.45, 2.75) is 6.92 Å². The van der Waals surface area contributed by atoms with Gasteiger partial charge in [-0.25, -0.2) is 0 Å². The number of carbonyl (C=O) groups is 1. The summed E-state index contributed by atoms with van der Waals surface area (Å²) in [7, 11) is 0. The van der Waals surface area contributed by atoms with Crippen molar-refractivity contribution in [2.75, 3.05) is 24.4 Å². The molecular formula is C12H13ClN2O5. The predicted molar refractivity (Wildman–Crippen MR) is 72.6 cm³/mol. The van der Waals surface area contributed by atoms with Gasteiger partial charge in [0.05, 0.1) is 11.0 Å². The summed E-state index contributed by atoms with van der Waals surface area (Å²) in [5, 5.41) is 13.6. The van der Waals surface area contributed by atoms with Gasteiger partial charge in [-0.15, -0.1) is 11.6 Å². The highest BCUT2D eigenvalue weighted by Crippen LogP contribution is 2.39. The minimum Gasteiger partial charge on any atom is -0.486 e. The number of fused-ring (bicyclic) bond motifs is 1. The Morgan fingerprint density at radius 1 is 1.45 bits per heavy atom.